The van der Waals surface area contributed by atoms with Crippen molar-refractivity contribution in [2.75, 3.05) is 26.6 Å². The van der Waals surface area contributed by atoms with Gasteiger partial charge < -0.3 is 19.5 Å². The molecule has 1 aromatic heterocycles. The van der Waals surface area contributed by atoms with Crippen LogP contribution in [0.4, 0.5) is 5.69 Å². The molecule has 134 valence electrons. The molecule has 0 fully saturated rings. The Kier molecular flexibility index (Phi) is 5.14. The van der Waals surface area contributed by atoms with Crippen LogP contribution in [0.3, 0.4) is 0 Å². The van der Waals surface area contributed by atoms with E-state index in [-0.39, 0.29) is 5.91 Å². The Balaban J connectivity index is 2.01. The standard InChI is InChI=1S/C19H17ClN2O4/c1-24-15-9-13(10-16(25-2)18(15)26-3)22-19(23)14-8-12(20)7-11-5-4-6-21-17(11)14/h4-10H,1-3H3,(H,22,23). The first-order valence-electron chi connectivity index (χ1n) is 7.73. The molecule has 0 saturated carbocycles. The first kappa shape index (κ1) is 17.8. The van der Waals surface area contributed by atoms with Gasteiger partial charge in [0.1, 0.15) is 0 Å². The van der Waals surface area contributed by atoms with Crippen LogP contribution in [-0.2, 0) is 0 Å². The summed E-state index contributed by atoms with van der Waals surface area (Å²) in [5, 5.41) is 4.07. The lowest BCUT2D eigenvalue weighted by Gasteiger charge is -2.15. The molecule has 1 amide bonds. The summed E-state index contributed by atoms with van der Waals surface area (Å²) in [6.07, 6.45) is 1.63. The first-order chi connectivity index (χ1) is 12.6. The second kappa shape index (κ2) is 7.49. The zero-order valence-electron chi connectivity index (χ0n) is 14.5. The summed E-state index contributed by atoms with van der Waals surface area (Å²) >= 11 is 6.14. The number of pyridine rings is 1. The lowest BCUT2D eigenvalue weighted by Crippen LogP contribution is -2.13. The molecule has 3 rings (SSSR count). The van der Waals surface area contributed by atoms with Crippen molar-refractivity contribution >= 4 is 34.1 Å². The zero-order valence-corrected chi connectivity index (χ0v) is 15.3. The van der Waals surface area contributed by atoms with Gasteiger partial charge in [0.15, 0.2) is 11.5 Å². The van der Waals surface area contributed by atoms with Crippen LogP contribution in [0, 0.1) is 0 Å². The second-order valence-electron chi connectivity index (χ2n) is 5.40. The third kappa shape index (κ3) is 3.36. The Morgan fingerprint density at radius 2 is 1.73 bits per heavy atom. The quantitative estimate of drug-likeness (QED) is 0.728. The van der Waals surface area contributed by atoms with E-state index in [1.165, 1.54) is 21.3 Å². The van der Waals surface area contributed by atoms with Crippen LogP contribution in [0.25, 0.3) is 10.9 Å². The highest BCUT2D eigenvalue weighted by Crippen LogP contribution is 2.40. The van der Waals surface area contributed by atoms with Crippen LogP contribution < -0.4 is 19.5 Å². The van der Waals surface area contributed by atoms with Gasteiger partial charge in [0.2, 0.25) is 5.75 Å². The SMILES string of the molecule is COc1cc(NC(=O)c2cc(Cl)cc3cccnc23)cc(OC)c1OC. The highest BCUT2D eigenvalue weighted by molar-refractivity contribution is 6.32. The van der Waals surface area contributed by atoms with Crippen LogP contribution in [0.1, 0.15) is 10.4 Å². The van der Waals surface area contributed by atoms with Gasteiger partial charge in [-0.15, -0.1) is 0 Å². The smallest absolute Gasteiger partial charge is 0.257 e. The molecule has 0 atom stereocenters. The molecule has 1 N–H and O–H groups in total. The van der Waals surface area contributed by atoms with Crippen LogP contribution in [0.15, 0.2) is 42.6 Å². The highest BCUT2D eigenvalue weighted by atomic mass is 35.5. The number of anilines is 1. The van der Waals surface area contributed by atoms with E-state index in [1.807, 2.05) is 6.07 Å². The number of fused-ring (bicyclic) bond motifs is 1. The van der Waals surface area contributed by atoms with E-state index in [0.29, 0.717) is 39.0 Å². The van der Waals surface area contributed by atoms with Gasteiger partial charge in [0.05, 0.1) is 32.4 Å². The second-order valence-corrected chi connectivity index (χ2v) is 5.83. The lowest BCUT2D eigenvalue weighted by atomic mass is 10.1. The number of rotatable bonds is 5. The van der Waals surface area contributed by atoms with Crippen molar-refractivity contribution in [1.82, 2.24) is 4.98 Å². The number of hydrogen-bond donors (Lipinski definition) is 1. The topological polar surface area (TPSA) is 69.7 Å². The maximum Gasteiger partial charge on any atom is 0.257 e. The van der Waals surface area contributed by atoms with Gasteiger partial charge >= 0.3 is 0 Å². The number of hydrogen-bond acceptors (Lipinski definition) is 5. The molecule has 0 spiro atoms. The molecule has 0 unspecified atom stereocenters. The van der Waals surface area contributed by atoms with Crippen LogP contribution in [0.5, 0.6) is 17.2 Å². The molecule has 0 aliphatic rings. The van der Waals surface area contributed by atoms with Crippen molar-refractivity contribution in [1.29, 1.82) is 0 Å². The third-order valence-corrected chi connectivity index (χ3v) is 4.06. The van der Waals surface area contributed by atoms with Gasteiger partial charge in [-0.25, -0.2) is 0 Å². The number of methoxy groups -OCH3 is 3. The zero-order chi connectivity index (χ0) is 18.7. The summed E-state index contributed by atoms with van der Waals surface area (Å²) in [5.41, 5.74) is 1.44. The predicted molar refractivity (Wildman–Crippen MR) is 101 cm³/mol. The van der Waals surface area contributed by atoms with Crippen molar-refractivity contribution in [3.05, 3.63) is 53.2 Å². The fraction of sp³-hybridized carbons (Fsp3) is 0.158. The van der Waals surface area contributed by atoms with E-state index in [4.69, 9.17) is 25.8 Å². The molecule has 0 aliphatic carbocycles. The Morgan fingerprint density at radius 3 is 2.35 bits per heavy atom. The number of nitrogens with zero attached hydrogens (tertiary/aromatic N) is 1. The minimum absolute atomic E-state index is 0.342. The molecule has 0 saturated heterocycles. The van der Waals surface area contributed by atoms with E-state index >= 15 is 0 Å². The molecule has 0 aliphatic heterocycles. The lowest BCUT2D eigenvalue weighted by molar-refractivity contribution is 0.102. The Morgan fingerprint density at radius 1 is 1.04 bits per heavy atom. The molecule has 7 heteroatoms. The molecular formula is C19H17ClN2O4. The number of amides is 1. The van der Waals surface area contributed by atoms with Crippen LogP contribution in [-0.4, -0.2) is 32.2 Å². The van der Waals surface area contributed by atoms with Gasteiger partial charge in [-0.2, -0.15) is 0 Å². The average Bonchev–Trinajstić information content (AvgIpc) is 2.66. The van der Waals surface area contributed by atoms with E-state index in [2.05, 4.69) is 10.3 Å². The third-order valence-electron chi connectivity index (χ3n) is 3.84. The van der Waals surface area contributed by atoms with Gasteiger partial charge in [-0.1, -0.05) is 17.7 Å². The van der Waals surface area contributed by atoms with E-state index in [1.54, 1.807) is 36.5 Å². The van der Waals surface area contributed by atoms with Gasteiger partial charge in [0.25, 0.3) is 5.91 Å². The Labute approximate surface area is 155 Å². The largest absolute Gasteiger partial charge is 0.493 e. The van der Waals surface area contributed by atoms with Gasteiger partial charge in [-0.3, -0.25) is 9.78 Å². The van der Waals surface area contributed by atoms with Crippen molar-refractivity contribution in [3.63, 3.8) is 0 Å². The fourth-order valence-electron chi connectivity index (χ4n) is 2.68. The van der Waals surface area contributed by atoms with E-state index in [9.17, 15) is 4.79 Å². The Bertz CT molecular complexity index is 950. The molecule has 6 nitrogen and oxygen atoms in total. The van der Waals surface area contributed by atoms with E-state index < -0.39 is 0 Å². The van der Waals surface area contributed by atoms with Crippen molar-refractivity contribution in [2.24, 2.45) is 0 Å². The number of nitrogens with one attached hydrogen (secondary N) is 1. The molecule has 3 aromatic rings. The van der Waals surface area contributed by atoms with Gasteiger partial charge in [-0.05, 0) is 18.2 Å². The Hall–Kier alpha value is -2.99. The first-order valence-corrected chi connectivity index (χ1v) is 8.10. The highest BCUT2D eigenvalue weighted by Gasteiger charge is 2.17. The molecule has 0 bridgehead atoms. The number of carbonyl (C=O) groups excluding carboxylic acids is 1. The molecular weight excluding hydrogens is 356 g/mol. The minimum atomic E-state index is -0.342. The fourth-order valence-corrected chi connectivity index (χ4v) is 2.91. The van der Waals surface area contributed by atoms with Crippen molar-refractivity contribution in [3.8, 4) is 17.2 Å². The maximum absolute atomic E-state index is 12.8. The summed E-state index contributed by atoms with van der Waals surface area (Å²) in [5.74, 6) is 0.987. The predicted octanol–water partition coefficient (Wildman–Crippen LogP) is 4.17. The van der Waals surface area contributed by atoms with Crippen LogP contribution >= 0.6 is 11.6 Å². The maximum atomic E-state index is 12.8. The number of carbonyl (C=O) groups is 1. The minimum Gasteiger partial charge on any atom is -0.493 e. The summed E-state index contributed by atoms with van der Waals surface area (Å²) < 4.78 is 15.9. The normalized spacial score (nSPS) is 10.5. The number of halogens is 1. The summed E-state index contributed by atoms with van der Waals surface area (Å²) in [7, 11) is 4.54. The molecule has 0 radical (unpaired) electrons. The number of benzene rings is 2. The molecule has 2 aromatic carbocycles. The molecule has 26 heavy (non-hydrogen) atoms. The van der Waals surface area contributed by atoms with Gasteiger partial charge in [0, 0.05) is 34.4 Å². The van der Waals surface area contributed by atoms with Crippen LogP contribution in [0.2, 0.25) is 5.02 Å². The molecule has 1 heterocycles. The monoisotopic (exact) mass is 372 g/mol. The summed E-state index contributed by atoms with van der Waals surface area (Å²) in [6.45, 7) is 0. The summed E-state index contributed by atoms with van der Waals surface area (Å²) in [4.78, 5) is 17.1. The van der Waals surface area contributed by atoms with E-state index in [0.717, 1.165) is 5.39 Å². The number of aromatic nitrogens is 1. The van der Waals surface area contributed by atoms with Crippen molar-refractivity contribution < 1.29 is 19.0 Å². The summed E-state index contributed by atoms with van der Waals surface area (Å²) in [6, 6.07) is 10.3. The average molecular weight is 373 g/mol. The number of ether oxygens (including phenoxy) is 3. The van der Waals surface area contributed by atoms with Crippen molar-refractivity contribution in [2.45, 2.75) is 0 Å².